The van der Waals surface area contributed by atoms with Gasteiger partial charge in [0.2, 0.25) is 0 Å². The van der Waals surface area contributed by atoms with Crippen LogP contribution in [0.15, 0.2) is 53.0 Å². The molecule has 3 rings (SSSR count). The summed E-state index contributed by atoms with van der Waals surface area (Å²) in [5, 5.41) is 3.46. The first-order valence-electron chi connectivity index (χ1n) is 8.01. The number of halogens is 1. The van der Waals surface area contributed by atoms with Gasteiger partial charge in [0.1, 0.15) is 5.75 Å². The average molecular weight is 360 g/mol. The number of benzene rings is 2. The molecule has 0 bridgehead atoms. The molecule has 3 heteroatoms. The van der Waals surface area contributed by atoms with Crippen LogP contribution >= 0.6 is 15.9 Å². The lowest BCUT2D eigenvalue weighted by Gasteiger charge is -2.22. The number of rotatable bonds is 5. The number of hydrogen-bond acceptors (Lipinski definition) is 2. The fraction of sp³-hybridized carbons (Fsp3) is 0.368. The van der Waals surface area contributed by atoms with Gasteiger partial charge in [-0.25, -0.2) is 0 Å². The number of nitrogens with one attached hydrogen (secondary N) is 1. The highest BCUT2D eigenvalue weighted by Gasteiger charge is 2.13. The van der Waals surface area contributed by atoms with Gasteiger partial charge in [-0.2, -0.15) is 0 Å². The molecular formula is C19H22BrNO. The van der Waals surface area contributed by atoms with Gasteiger partial charge in [0, 0.05) is 0 Å². The van der Waals surface area contributed by atoms with Crippen LogP contribution in [-0.2, 0) is 0 Å². The van der Waals surface area contributed by atoms with Gasteiger partial charge in [0.15, 0.2) is 0 Å². The van der Waals surface area contributed by atoms with E-state index in [9.17, 15) is 0 Å². The van der Waals surface area contributed by atoms with Crippen molar-refractivity contribution >= 4 is 15.9 Å². The number of ether oxygens (including phenoxy) is 1. The summed E-state index contributed by atoms with van der Waals surface area (Å²) in [4.78, 5) is 0. The lowest BCUT2D eigenvalue weighted by molar-refractivity contribution is 0.253. The average Bonchev–Trinajstić information content (AvgIpc) is 2.58. The zero-order chi connectivity index (χ0) is 15.2. The van der Waals surface area contributed by atoms with Crippen molar-refractivity contribution < 1.29 is 4.74 Å². The van der Waals surface area contributed by atoms with Gasteiger partial charge in [-0.05, 0) is 77.5 Å². The summed E-state index contributed by atoms with van der Waals surface area (Å²) >= 11 is 3.63. The van der Waals surface area contributed by atoms with E-state index >= 15 is 0 Å². The quantitative estimate of drug-likeness (QED) is 0.820. The highest BCUT2D eigenvalue weighted by atomic mass is 79.9. The fourth-order valence-corrected chi connectivity index (χ4v) is 3.43. The molecule has 0 aromatic heterocycles. The van der Waals surface area contributed by atoms with E-state index in [2.05, 4.69) is 63.7 Å². The normalized spacial score (nSPS) is 18.1. The third kappa shape index (κ3) is 4.11. The minimum Gasteiger partial charge on any atom is -0.492 e. The third-order valence-corrected chi connectivity index (χ3v) is 4.84. The Hall–Kier alpha value is -1.32. The maximum absolute atomic E-state index is 5.96. The Morgan fingerprint density at radius 1 is 1.09 bits per heavy atom. The molecule has 2 nitrogen and oxygen atoms in total. The lowest BCUT2D eigenvalue weighted by Crippen LogP contribution is -2.30. The Kier molecular flexibility index (Phi) is 5.52. The highest BCUT2D eigenvalue weighted by Crippen LogP contribution is 2.31. The summed E-state index contributed by atoms with van der Waals surface area (Å²) in [6.45, 7) is 3.09. The van der Waals surface area contributed by atoms with Crippen molar-refractivity contribution in [2.24, 2.45) is 5.92 Å². The summed E-state index contributed by atoms with van der Waals surface area (Å²) in [6, 6.07) is 16.7. The molecule has 1 saturated heterocycles. The van der Waals surface area contributed by atoms with Crippen molar-refractivity contribution in [2.45, 2.75) is 19.3 Å². The zero-order valence-electron chi connectivity index (χ0n) is 12.7. The van der Waals surface area contributed by atoms with E-state index in [1.165, 1.54) is 30.5 Å². The van der Waals surface area contributed by atoms with Crippen molar-refractivity contribution in [2.75, 3.05) is 19.7 Å². The van der Waals surface area contributed by atoms with Gasteiger partial charge in [0.05, 0.1) is 11.1 Å². The lowest BCUT2D eigenvalue weighted by atomic mass is 9.97. The highest BCUT2D eigenvalue weighted by molar-refractivity contribution is 9.10. The SMILES string of the molecule is Brc1cc(-c2ccccc2)ccc1OCC[C@H]1CCCNC1. The van der Waals surface area contributed by atoms with Gasteiger partial charge in [-0.3, -0.25) is 0 Å². The van der Waals surface area contributed by atoms with E-state index in [1.54, 1.807) is 0 Å². The summed E-state index contributed by atoms with van der Waals surface area (Å²) in [7, 11) is 0. The summed E-state index contributed by atoms with van der Waals surface area (Å²) < 4.78 is 6.98. The maximum atomic E-state index is 5.96. The fourth-order valence-electron chi connectivity index (χ4n) is 2.93. The van der Waals surface area contributed by atoms with Crippen molar-refractivity contribution in [1.29, 1.82) is 0 Å². The molecule has 22 heavy (non-hydrogen) atoms. The minimum atomic E-state index is 0.760. The van der Waals surface area contributed by atoms with Gasteiger partial charge in [-0.1, -0.05) is 36.4 Å². The molecule has 0 amide bonds. The standard InChI is InChI=1S/C19H22BrNO/c20-18-13-17(16-6-2-1-3-7-16)8-9-19(18)22-12-10-15-5-4-11-21-14-15/h1-3,6-9,13,15,21H,4-5,10-12,14H2/t15-/m1/s1. The van der Waals surface area contributed by atoms with E-state index in [4.69, 9.17) is 4.74 Å². The first-order valence-corrected chi connectivity index (χ1v) is 8.81. The Labute approximate surface area is 141 Å². The molecule has 1 N–H and O–H groups in total. The number of piperidine rings is 1. The Morgan fingerprint density at radius 3 is 2.68 bits per heavy atom. The molecule has 116 valence electrons. The van der Waals surface area contributed by atoms with Crippen LogP contribution in [0.5, 0.6) is 5.75 Å². The smallest absolute Gasteiger partial charge is 0.133 e. The molecule has 1 atom stereocenters. The molecule has 0 spiro atoms. The van der Waals surface area contributed by atoms with Crippen molar-refractivity contribution in [1.82, 2.24) is 5.32 Å². The molecule has 0 unspecified atom stereocenters. The van der Waals surface area contributed by atoms with Crippen molar-refractivity contribution in [3.8, 4) is 16.9 Å². The van der Waals surface area contributed by atoms with Crippen LogP contribution in [0.3, 0.4) is 0 Å². The van der Waals surface area contributed by atoms with Gasteiger partial charge >= 0.3 is 0 Å². The molecule has 1 heterocycles. The second-order valence-electron chi connectivity index (χ2n) is 5.86. The first kappa shape index (κ1) is 15.6. The minimum absolute atomic E-state index is 0.760. The van der Waals surface area contributed by atoms with Gasteiger partial charge < -0.3 is 10.1 Å². The van der Waals surface area contributed by atoms with Gasteiger partial charge in [-0.15, -0.1) is 0 Å². The monoisotopic (exact) mass is 359 g/mol. The van der Waals surface area contributed by atoms with Crippen LogP contribution in [0.1, 0.15) is 19.3 Å². The molecular weight excluding hydrogens is 338 g/mol. The van der Waals surface area contributed by atoms with E-state index in [0.29, 0.717) is 0 Å². The van der Waals surface area contributed by atoms with Crippen LogP contribution in [0.25, 0.3) is 11.1 Å². The molecule has 2 aromatic rings. The summed E-state index contributed by atoms with van der Waals surface area (Å²) in [5.41, 5.74) is 2.43. The topological polar surface area (TPSA) is 21.3 Å². The Morgan fingerprint density at radius 2 is 1.95 bits per heavy atom. The Bertz CT molecular complexity index is 594. The second-order valence-corrected chi connectivity index (χ2v) is 6.72. The molecule has 1 fully saturated rings. The van der Waals surface area contributed by atoms with Crippen LogP contribution in [0, 0.1) is 5.92 Å². The van der Waals surface area contributed by atoms with Crippen LogP contribution in [0.2, 0.25) is 0 Å². The second kappa shape index (κ2) is 7.80. The third-order valence-electron chi connectivity index (χ3n) is 4.22. The maximum Gasteiger partial charge on any atom is 0.133 e. The Balaban J connectivity index is 1.58. The first-order chi connectivity index (χ1) is 10.8. The molecule has 2 aromatic carbocycles. The molecule has 1 aliphatic rings. The van der Waals surface area contributed by atoms with E-state index in [-0.39, 0.29) is 0 Å². The number of hydrogen-bond donors (Lipinski definition) is 1. The van der Waals surface area contributed by atoms with Crippen LogP contribution in [-0.4, -0.2) is 19.7 Å². The van der Waals surface area contributed by atoms with E-state index < -0.39 is 0 Å². The molecule has 1 aliphatic heterocycles. The van der Waals surface area contributed by atoms with E-state index in [1.807, 2.05) is 6.07 Å². The molecule has 0 radical (unpaired) electrons. The van der Waals surface area contributed by atoms with Crippen LogP contribution in [0.4, 0.5) is 0 Å². The zero-order valence-corrected chi connectivity index (χ0v) is 14.3. The molecule has 0 aliphatic carbocycles. The van der Waals surface area contributed by atoms with Crippen LogP contribution < -0.4 is 10.1 Å². The summed E-state index contributed by atoms with van der Waals surface area (Å²) in [5.74, 6) is 1.69. The van der Waals surface area contributed by atoms with Crippen molar-refractivity contribution in [3.05, 3.63) is 53.0 Å². The predicted molar refractivity (Wildman–Crippen MR) is 95.3 cm³/mol. The largest absolute Gasteiger partial charge is 0.492 e. The molecule has 0 saturated carbocycles. The summed E-state index contributed by atoms with van der Waals surface area (Å²) in [6.07, 6.45) is 3.74. The van der Waals surface area contributed by atoms with E-state index in [0.717, 1.165) is 35.7 Å². The van der Waals surface area contributed by atoms with Gasteiger partial charge in [0.25, 0.3) is 0 Å². The predicted octanol–water partition coefficient (Wildman–Crippen LogP) is 4.88. The van der Waals surface area contributed by atoms with Crippen molar-refractivity contribution in [3.63, 3.8) is 0 Å².